The van der Waals surface area contributed by atoms with Crippen molar-refractivity contribution in [2.75, 3.05) is 23.4 Å². The topological polar surface area (TPSA) is 58.6 Å². The second-order valence-electron chi connectivity index (χ2n) is 6.07. The zero-order valence-electron chi connectivity index (χ0n) is 14.5. The van der Waals surface area contributed by atoms with Gasteiger partial charge in [0.15, 0.2) is 0 Å². The molecule has 5 nitrogen and oxygen atoms in total. The monoisotopic (exact) mass is 338 g/mol. The lowest BCUT2D eigenvalue weighted by atomic mass is 9.97. The number of anilines is 2. The zero-order valence-corrected chi connectivity index (χ0v) is 14.5. The third-order valence-corrected chi connectivity index (χ3v) is 4.30. The van der Waals surface area contributed by atoms with Crippen LogP contribution in [-0.4, -0.2) is 25.2 Å². The molecule has 0 saturated heterocycles. The number of carbonyl (C=O) groups is 2. The van der Waals surface area contributed by atoms with Gasteiger partial charge in [0.2, 0.25) is 0 Å². The van der Waals surface area contributed by atoms with E-state index in [0.717, 1.165) is 24.1 Å². The van der Waals surface area contributed by atoms with Crippen LogP contribution in [0.2, 0.25) is 0 Å². The average Bonchev–Trinajstić information content (AvgIpc) is 2.61. The standard InChI is InChI=1S/C20H22N2O3/c1-3-25-20(24)21-17-11-5-9-16(13-17)19(23)22-12-6-10-15-8-4-7-14(2)18(15)22/h4-5,7-9,11,13H,3,6,10,12H2,1-2H3,(H,21,24). The van der Waals surface area contributed by atoms with Crippen molar-refractivity contribution in [3.05, 3.63) is 59.2 Å². The third-order valence-electron chi connectivity index (χ3n) is 4.30. The summed E-state index contributed by atoms with van der Waals surface area (Å²) >= 11 is 0. The third kappa shape index (κ3) is 3.65. The molecule has 2 aromatic carbocycles. The molecule has 0 unspecified atom stereocenters. The maximum Gasteiger partial charge on any atom is 0.411 e. The molecule has 1 aliphatic rings. The number of fused-ring (bicyclic) bond motifs is 1. The molecule has 130 valence electrons. The Balaban J connectivity index is 1.86. The molecule has 0 fully saturated rings. The molecule has 2 aromatic rings. The van der Waals surface area contributed by atoms with Crippen molar-refractivity contribution in [1.82, 2.24) is 0 Å². The molecule has 0 bridgehead atoms. The fraction of sp³-hybridized carbons (Fsp3) is 0.300. The molecule has 0 saturated carbocycles. The molecule has 25 heavy (non-hydrogen) atoms. The number of hydrogen-bond donors (Lipinski definition) is 1. The summed E-state index contributed by atoms with van der Waals surface area (Å²) < 4.78 is 4.88. The van der Waals surface area contributed by atoms with Crippen LogP contribution >= 0.6 is 0 Å². The molecule has 0 atom stereocenters. The minimum absolute atomic E-state index is 0.0530. The van der Waals surface area contributed by atoms with Crippen LogP contribution in [0.25, 0.3) is 0 Å². The van der Waals surface area contributed by atoms with Crippen LogP contribution in [0.3, 0.4) is 0 Å². The molecule has 0 spiro atoms. The summed E-state index contributed by atoms with van der Waals surface area (Å²) in [6.07, 6.45) is 1.42. The predicted molar refractivity (Wildman–Crippen MR) is 98.3 cm³/mol. The number of hydrogen-bond acceptors (Lipinski definition) is 3. The number of ether oxygens (including phenoxy) is 1. The fourth-order valence-corrected chi connectivity index (χ4v) is 3.22. The first kappa shape index (κ1) is 17.0. The highest BCUT2D eigenvalue weighted by Gasteiger charge is 2.25. The Kier molecular flexibility index (Phi) is 5.03. The van der Waals surface area contributed by atoms with Gasteiger partial charge >= 0.3 is 6.09 Å². The van der Waals surface area contributed by atoms with Gasteiger partial charge in [-0.3, -0.25) is 10.1 Å². The largest absolute Gasteiger partial charge is 0.450 e. The Morgan fingerprint density at radius 1 is 1.20 bits per heavy atom. The van der Waals surface area contributed by atoms with Gasteiger partial charge in [-0.1, -0.05) is 24.3 Å². The van der Waals surface area contributed by atoms with E-state index in [1.807, 2.05) is 24.0 Å². The molecule has 5 heteroatoms. The number of nitrogens with one attached hydrogen (secondary N) is 1. The van der Waals surface area contributed by atoms with E-state index in [9.17, 15) is 9.59 Å². The minimum atomic E-state index is -0.522. The average molecular weight is 338 g/mol. The Bertz CT molecular complexity index is 801. The minimum Gasteiger partial charge on any atom is -0.450 e. The highest BCUT2D eigenvalue weighted by molar-refractivity contribution is 6.08. The van der Waals surface area contributed by atoms with Crippen LogP contribution in [0.4, 0.5) is 16.2 Å². The summed E-state index contributed by atoms with van der Waals surface area (Å²) in [5.41, 5.74) is 4.42. The van der Waals surface area contributed by atoms with Crippen molar-refractivity contribution in [3.8, 4) is 0 Å². The fourth-order valence-electron chi connectivity index (χ4n) is 3.22. The summed E-state index contributed by atoms with van der Waals surface area (Å²) in [5.74, 6) is -0.0530. The van der Waals surface area contributed by atoms with Crippen LogP contribution in [0.1, 0.15) is 34.8 Å². The van der Waals surface area contributed by atoms with E-state index in [0.29, 0.717) is 24.4 Å². The highest BCUT2D eigenvalue weighted by atomic mass is 16.5. The molecule has 1 aliphatic heterocycles. The predicted octanol–water partition coefficient (Wildman–Crippen LogP) is 4.16. The van der Waals surface area contributed by atoms with Gasteiger partial charge in [0.1, 0.15) is 0 Å². The summed E-state index contributed by atoms with van der Waals surface area (Å²) in [4.78, 5) is 26.5. The molecule has 2 amide bonds. The summed E-state index contributed by atoms with van der Waals surface area (Å²) in [7, 11) is 0. The smallest absolute Gasteiger partial charge is 0.411 e. The molecule has 1 N–H and O–H groups in total. The molecule has 0 radical (unpaired) electrons. The molecule has 1 heterocycles. The van der Waals surface area contributed by atoms with Gasteiger partial charge < -0.3 is 9.64 Å². The van der Waals surface area contributed by atoms with Crippen molar-refractivity contribution in [2.45, 2.75) is 26.7 Å². The second-order valence-corrected chi connectivity index (χ2v) is 6.07. The van der Waals surface area contributed by atoms with Crippen LogP contribution < -0.4 is 10.2 Å². The van der Waals surface area contributed by atoms with E-state index in [4.69, 9.17) is 4.74 Å². The van der Waals surface area contributed by atoms with Crippen LogP contribution in [0, 0.1) is 6.92 Å². The van der Waals surface area contributed by atoms with E-state index >= 15 is 0 Å². The molecule has 3 rings (SSSR count). The zero-order chi connectivity index (χ0) is 17.8. The maximum absolute atomic E-state index is 13.1. The van der Waals surface area contributed by atoms with E-state index in [1.165, 1.54) is 5.56 Å². The summed E-state index contributed by atoms with van der Waals surface area (Å²) in [5, 5.41) is 2.64. The number of para-hydroxylation sites is 1. The lowest BCUT2D eigenvalue weighted by Crippen LogP contribution is -2.36. The summed E-state index contributed by atoms with van der Waals surface area (Å²) in [6.45, 7) is 4.78. The van der Waals surface area contributed by atoms with Gasteiger partial charge in [0.25, 0.3) is 5.91 Å². The van der Waals surface area contributed by atoms with Crippen molar-refractivity contribution in [3.63, 3.8) is 0 Å². The molecule has 0 aliphatic carbocycles. The SMILES string of the molecule is CCOC(=O)Nc1cccc(C(=O)N2CCCc3cccc(C)c32)c1. The number of amides is 2. The Morgan fingerprint density at radius 2 is 2.00 bits per heavy atom. The van der Waals surface area contributed by atoms with Crippen LogP contribution in [0.15, 0.2) is 42.5 Å². The van der Waals surface area contributed by atoms with Crippen LogP contribution in [-0.2, 0) is 11.2 Å². The number of nitrogens with zero attached hydrogens (tertiary/aromatic N) is 1. The van der Waals surface area contributed by atoms with Gasteiger partial charge in [0, 0.05) is 17.8 Å². The number of aryl methyl sites for hydroxylation is 2. The first-order chi connectivity index (χ1) is 12.1. The van der Waals surface area contributed by atoms with Crippen molar-refractivity contribution in [1.29, 1.82) is 0 Å². The van der Waals surface area contributed by atoms with Gasteiger partial charge in [-0.05, 0) is 56.0 Å². The lowest BCUT2D eigenvalue weighted by molar-refractivity contribution is 0.0985. The van der Waals surface area contributed by atoms with E-state index in [1.54, 1.807) is 31.2 Å². The lowest BCUT2D eigenvalue weighted by Gasteiger charge is -2.31. The number of carbonyl (C=O) groups excluding carboxylic acids is 2. The van der Waals surface area contributed by atoms with E-state index in [-0.39, 0.29) is 5.91 Å². The normalized spacial score (nSPS) is 13.1. The number of rotatable bonds is 3. The summed E-state index contributed by atoms with van der Waals surface area (Å²) in [6, 6.07) is 13.1. The van der Waals surface area contributed by atoms with Gasteiger partial charge in [0.05, 0.1) is 12.3 Å². The quantitative estimate of drug-likeness (QED) is 0.914. The molecular weight excluding hydrogens is 316 g/mol. The van der Waals surface area contributed by atoms with Gasteiger partial charge in [-0.15, -0.1) is 0 Å². The van der Waals surface area contributed by atoms with Gasteiger partial charge in [-0.25, -0.2) is 4.79 Å². The van der Waals surface area contributed by atoms with Crippen LogP contribution in [0.5, 0.6) is 0 Å². The Labute approximate surface area is 147 Å². The second kappa shape index (κ2) is 7.38. The Hall–Kier alpha value is -2.82. The maximum atomic E-state index is 13.1. The Morgan fingerprint density at radius 3 is 2.80 bits per heavy atom. The number of benzene rings is 2. The van der Waals surface area contributed by atoms with Crippen molar-refractivity contribution < 1.29 is 14.3 Å². The van der Waals surface area contributed by atoms with Gasteiger partial charge in [-0.2, -0.15) is 0 Å². The van der Waals surface area contributed by atoms with Crippen molar-refractivity contribution in [2.24, 2.45) is 0 Å². The molecular formula is C20H22N2O3. The molecule has 0 aromatic heterocycles. The first-order valence-corrected chi connectivity index (χ1v) is 8.54. The van der Waals surface area contributed by atoms with E-state index in [2.05, 4.69) is 11.4 Å². The highest BCUT2D eigenvalue weighted by Crippen LogP contribution is 2.31. The van der Waals surface area contributed by atoms with E-state index < -0.39 is 6.09 Å². The first-order valence-electron chi connectivity index (χ1n) is 8.54. The van der Waals surface area contributed by atoms with Crippen molar-refractivity contribution >= 4 is 23.4 Å².